The molecule has 0 heterocycles. The van der Waals surface area contributed by atoms with Crippen molar-refractivity contribution in [3.05, 3.63) is 45.5 Å². The van der Waals surface area contributed by atoms with Gasteiger partial charge in [-0.1, -0.05) is 24.3 Å². The van der Waals surface area contributed by atoms with Gasteiger partial charge in [0.15, 0.2) is 0 Å². The standard InChI is InChI=1S/C15H15IO2/c1-15(2,3)18-14(17)12-8-10-6-4-5-7-11(10)9-13(12)16/h4-9H,1-3H3. The van der Waals surface area contributed by atoms with Crippen LogP contribution in [0.2, 0.25) is 0 Å². The summed E-state index contributed by atoms with van der Waals surface area (Å²) in [5, 5.41) is 2.19. The van der Waals surface area contributed by atoms with E-state index in [2.05, 4.69) is 22.6 Å². The van der Waals surface area contributed by atoms with Gasteiger partial charge in [0.1, 0.15) is 5.60 Å². The van der Waals surface area contributed by atoms with Crippen molar-refractivity contribution < 1.29 is 9.53 Å². The van der Waals surface area contributed by atoms with Gasteiger partial charge < -0.3 is 4.74 Å². The van der Waals surface area contributed by atoms with E-state index in [0.717, 1.165) is 14.3 Å². The number of benzene rings is 2. The van der Waals surface area contributed by atoms with Crippen LogP contribution in [0.15, 0.2) is 36.4 Å². The first-order valence-electron chi connectivity index (χ1n) is 5.78. The number of hydrogen-bond donors (Lipinski definition) is 0. The molecule has 0 unspecified atom stereocenters. The fourth-order valence-corrected chi connectivity index (χ4v) is 2.41. The van der Waals surface area contributed by atoms with Crippen LogP contribution in [0.3, 0.4) is 0 Å². The maximum absolute atomic E-state index is 12.1. The minimum Gasteiger partial charge on any atom is -0.456 e. The largest absolute Gasteiger partial charge is 0.456 e. The lowest BCUT2D eigenvalue weighted by Crippen LogP contribution is -2.24. The van der Waals surface area contributed by atoms with Gasteiger partial charge in [0.25, 0.3) is 0 Å². The normalized spacial score (nSPS) is 11.6. The lowest BCUT2D eigenvalue weighted by atomic mass is 10.1. The highest BCUT2D eigenvalue weighted by atomic mass is 127. The van der Waals surface area contributed by atoms with Crippen molar-refractivity contribution in [1.29, 1.82) is 0 Å². The summed E-state index contributed by atoms with van der Waals surface area (Å²) in [6, 6.07) is 11.9. The molecule has 0 radical (unpaired) electrons. The van der Waals surface area contributed by atoms with Gasteiger partial charge in [-0.25, -0.2) is 4.79 Å². The predicted molar refractivity (Wildman–Crippen MR) is 81.8 cm³/mol. The quantitative estimate of drug-likeness (QED) is 0.561. The van der Waals surface area contributed by atoms with Crippen LogP contribution in [0.1, 0.15) is 31.1 Å². The molecule has 0 saturated carbocycles. The van der Waals surface area contributed by atoms with E-state index < -0.39 is 5.60 Å². The molecule has 0 aliphatic rings. The van der Waals surface area contributed by atoms with Gasteiger partial charge in [0.2, 0.25) is 0 Å². The molecular weight excluding hydrogens is 339 g/mol. The lowest BCUT2D eigenvalue weighted by molar-refractivity contribution is 0.00685. The first kappa shape index (κ1) is 13.3. The zero-order valence-corrected chi connectivity index (χ0v) is 12.8. The molecule has 2 rings (SSSR count). The van der Waals surface area contributed by atoms with Crippen molar-refractivity contribution >= 4 is 39.3 Å². The number of fused-ring (bicyclic) bond motifs is 1. The summed E-state index contributed by atoms with van der Waals surface area (Å²) in [5.74, 6) is -0.266. The Morgan fingerprint density at radius 2 is 1.67 bits per heavy atom. The topological polar surface area (TPSA) is 26.3 Å². The molecule has 2 aromatic rings. The fourth-order valence-electron chi connectivity index (χ4n) is 1.70. The number of halogens is 1. The minimum atomic E-state index is -0.466. The van der Waals surface area contributed by atoms with Crippen molar-refractivity contribution in [1.82, 2.24) is 0 Å². The molecule has 0 aliphatic heterocycles. The summed E-state index contributed by atoms with van der Waals surface area (Å²) < 4.78 is 6.33. The Labute approximate surface area is 120 Å². The Morgan fingerprint density at radius 3 is 2.22 bits per heavy atom. The average molecular weight is 354 g/mol. The Hall–Kier alpha value is -1.10. The highest BCUT2D eigenvalue weighted by molar-refractivity contribution is 14.1. The van der Waals surface area contributed by atoms with Gasteiger partial charge in [-0.2, -0.15) is 0 Å². The number of ether oxygens (including phenoxy) is 1. The second-order valence-electron chi connectivity index (χ2n) is 5.18. The van der Waals surface area contributed by atoms with E-state index in [0.29, 0.717) is 5.56 Å². The highest BCUT2D eigenvalue weighted by Gasteiger charge is 2.20. The van der Waals surface area contributed by atoms with E-state index in [-0.39, 0.29) is 5.97 Å². The van der Waals surface area contributed by atoms with E-state index in [1.807, 2.05) is 57.2 Å². The smallest absolute Gasteiger partial charge is 0.339 e. The van der Waals surface area contributed by atoms with E-state index in [9.17, 15) is 4.79 Å². The monoisotopic (exact) mass is 354 g/mol. The molecule has 2 aromatic carbocycles. The minimum absolute atomic E-state index is 0.266. The number of hydrogen-bond acceptors (Lipinski definition) is 2. The van der Waals surface area contributed by atoms with Crippen LogP contribution in [0.5, 0.6) is 0 Å². The molecule has 0 fully saturated rings. The van der Waals surface area contributed by atoms with Crippen LogP contribution < -0.4 is 0 Å². The van der Waals surface area contributed by atoms with Gasteiger partial charge in [-0.3, -0.25) is 0 Å². The number of esters is 1. The molecule has 2 nitrogen and oxygen atoms in total. The third kappa shape index (κ3) is 3.02. The maximum Gasteiger partial charge on any atom is 0.339 e. The van der Waals surface area contributed by atoms with Gasteiger partial charge in [-0.15, -0.1) is 0 Å². The van der Waals surface area contributed by atoms with Crippen LogP contribution in [0, 0.1) is 3.57 Å². The molecule has 18 heavy (non-hydrogen) atoms. The molecule has 3 heteroatoms. The van der Waals surface area contributed by atoms with Crippen molar-refractivity contribution in [3.63, 3.8) is 0 Å². The summed E-state index contributed by atoms with van der Waals surface area (Å²) in [7, 11) is 0. The molecular formula is C15H15IO2. The first-order valence-corrected chi connectivity index (χ1v) is 6.86. The van der Waals surface area contributed by atoms with Crippen LogP contribution in [0.4, 0.5) is 0 Å². The summed E-state index contributed by atoms with van der Waals surface area (Å²) in [6.45, 7) is 5.62. The Bertz CT molecular complexity index is 597. The van der Waals surface area contributed by atoms with Crippen molar-refractivity contribution in [2.75, 3.05) is 0 Å². The average Bonchev–Trinajstić information content (AvgIpc) is 2.25. The maximum atomic E-state index is 12.1. The van der Waals surface area contributed by atoms with Crippen molar-refractivity contribution in [3.8, 4) is 0 Å². The zero-order valence-electron chi connectivity index (χ0n) is 10.7. The van der Waals surface area contributed by atoms with Gasteiger partial charge in [-0.05, 0) is 66.3 Å². The molecule has 0 aliphatic carbocycles. The van der Waals surface area contributed by atoms with Gasteiger partial charge >= 0.3 is 5.97 Å². The molecule has 94 valence electrons. The predicted octanol–water partition coefficient (Wildman–Crippen LogP) is 4.40. The SMILES string of the molecule is CC(C)(C)OC(=O)c1cc2ccccc2cc1I. The molecule has 0 saturated heterocycles. The lowest BCUT2D eigenvalue weighted by Gasteiger charge is -2.20. The van der Waals surface area contributed by atoms with Gasteiger partial charge in [0, 0.05) is 3.57 Å². The Balaban J connectivity index is 2.45. The van der Waals surface area contributed by atoms with Crippen LogP contribution in [0.25, 0.3) is 10.8 Å². The summed E-state index contributed by atoms with van der Waals surface area (Å²) in [4.78, 5) is 12.1. The molecule has 0 spiro atoms. The van der Waals surface area contributed by atoms with Crippen LogP contribution in [-0.2, 0) is 4.74 Å². The van der Waals surface area contributed by atoms with Crippen molar-refractivity contribution in [2.45, 2.75) is 26.4 Å². The molecule has 0 bridgehead atoms. The molecule has 0 atom stereocenters. The number of carbonyl (C=O) groups is 1. The second-order valence-corrected chi connectivity index (χ2v) is 6.34. The van der Waals surface area contributed by atoms with Crippen LogP contribution in [-0.4, -0.2) is 11.6 Å². The summed E-state index contributed by atoms with van der Waals surface area (Å²) >= 11 is 2.17. The summed E-state index contributed by atoms with van der Waals surface area (Å²) in [5.41, 5.74) is 0.162. The van der Waals surface area contributed by atoms with E-state index in [1.165, 1.54) is 0 Å². The Morgan fingerprint density at radius 1 is 1.11 bits per heavy atom. The van der Waals surface area contributed by atoms with E-state index >= 15 is 0 Å². The van der Waals surface area contributed by atoms with E-state index in [4.69, 9.17) is 4.74 Å². The van der Waals surface area contributed by atoms with E-state index in [1.54, 1.807) is 0 Å². The third-order valence-corrected chi connectivity index (χ3v) is 3.35. The first-order chi connectivity index (χ1) is 8.37. The molecule has 0 aromatic heterocycles. The molecule has 0 amide bonds. The van der Waals surface area contributed by atoms with Crippen molar-refractivity contribution in [2.24, 2.45) is 0 Å². The number of rotatable bonds is 1. The summed E-state index contributed by atoms with van der Waals surface area (Å²) in [6.07, 6.45) is 0. The zero-order chi connectivity index (χ0) is 13.3. The third-order valence-electron chi connectivity index (χ3n) is 2.45. The fraction of sp³-hybridized carbons (Fsp3) is 0.267. The second kappa shape index (κ2) is 4.88. The van der Waals surface area contributed by atoms with Crippen LogP contribution >= 0.6 is 22.6 Å². The van der Waals surface area contributed by atoms with Gasteiger partial charge in [0.05, 0.1) is 5.56 Å². The molecule has 0 N–H and O–H groups in total. The number of carbonyl (C=O) groups excluding carboxylic acids is 1. The highest BCUT2D eigenvalue weighted by Crippen LogP contribution is 2.23. The Kier molecular flexibility index (Phi) is 3.61.